The molecule has 3 N–H and O–H groups in total. The number of hydrogen-bond donors (Lipinski definition) is 2. The summed E-state index contributed by atoms with van der Waals surface area (Å²) in [7, 11) is -6.30. The summed E-state index contributed by atoms with van der Waals surface area (Å²) in [5.41, 5.74) is 0.00537. The molecular formula is C11H17ClN2O5S2. The molecule has 21 heavy (non-hydrogen) atoms. The minimum Gasteiger partial charge on any atom is -0.495 e. The molecule has 0 aliphatic carbocycles. The number of primary sulfonamides is 1. The monoisotopic (exact) mass is 356 g/mol. The second kappa shape index (κ2) is 6.82. The predicted octanol–water partition coefficient (Wildman–Crippen LogP) is 0.959. The van der Waals surface area contributed by atoms with Crippen LogP contribution in [-0.4, -0.2) is 35.6 Å². The maximum atomic E-state index is 12.0. The lowest BCUT2D eigenvalue weighted by Gasteiger charge is -2.14. The third kappa shape index (κ3) is 5.34. The quantitative estimate of drug-likeness (QED) is 0.706. The van der Waals surface area contributed by atoms with Crippen LogP contribution in [-0.2, 0) is 20.0 Å². The van der Waals surface area contributed by atoms with Gasteiger partial charge in [0.1, 0.15) is 5.75 Å². The van der Waals surface area contributed by atoms with E-state index in [2.05, 4.69) is 4.72 Å². The van der Waals surface area contributed by atoms with E-state index in [4.69, 9.17) is 21.5 Å². The Morgan fingerprint density at radius 2 is 1.95 bits per heavy atom. The molecule has 1 atom stereocenters. The Balaban J connectivity index is 3.17. The summed E-state index contributed by atoms with van der Waals surface area (Å²) >= 11 is 5.59. The Bertz CT molecular complexity index is 703. The van der Waals surface area contributed by atoms with E-state index in [1.54, 1.807) is 6.92 Å². The lowest BCUT2D eigenvalue weighted by molar-refractivity contribution is 0.416. The summed E-state index contributed by atoms with van der Waals surface area (Å²) in [5, 5.41) is 5.02. The van der Waals surface area contributed by atoms with E-state index in [-0.39, 0.29) is 33.9 Å². The summed E-state index contributed by atoms with van der Waals surface area (Å²) in [5.74, 6) is -0.0739. The molecule has 0 fully saturated rings. The lowest BCUT2D eigenvalue weighted by Crippen LogP contribution is -2.22. The number of benzene rings is 1. The summed E-state index contributed by atoms with van der Waals surface area (Å²) in [4.78, 5) is -0.216. The molecule has 0 amide bonds. The van der Waals surface area contributed by atoms with Crippen LogP contribution in [0.15, 0.2) is 23.1 Å². The number of ether oxygens (including phenoxy) is 1. The van der Waals surface area contributed by atoms with Gasteiger partial charge in [0.2, 0.25) is 20.0 Å². The molecule has 0 aliphatic heterocycles. The zero-order chi connectivity index (χ0) is 16.3. The first-order chi connectivity index (χ1) is 9.59. The van der Waals surface area contributed by atoms with Gasteiger partial charge in [0.05, 0.1) is 23.4 Å². The van der Waals surface area contributed by atoms with Gasteiger partial charge < -0.3 is 4.74 Å². The van der Waals surface area contributed by atoms with Crippen LogP contribution in [0.2, 0.25) is 0 Å². The highest BCUT2D eigenvalue weighted by Crippen LogP contribution is 2.28. The van der Waals surface area contributed by atoms with Gasteiger partial charge in [-0.05, 0) is 24.1 Å². The van der Waals surface area contributed by atoms with Crippen molar-refractivity contribution in [2.24, 2.45) is 11.1 Å². The molecule has 1 unspecified atom stereocenters. The lowest BCUT2D eigenvalue weighted by atomic mass is 10.3. The molecule has 0 aromatic heterocycles. The second-order valence-corrected chi connectivity index (χ2v) is 8.19. The topological polar surface area (TPSA) is 116 Å². The molecule has 10 heteroatoms. The van der Waals surface area contributed by atoms with Crippen LogP contribution in [0.1, 0.15) is 6.92 Å². The van der Waals surface area contributed by atoms with Crippen LogP contribution >= 0.6 is 11.6 Å². The van der Waals surface area contributed by atoms with Gasteiger partial charge >= 0.3 is 0 Å². The van der Waals surface area contributed by atoms with E-state index in [1.807, 2.05) is 0 Å². The first-order valence-corrected chi connectivity index (χ1v) is 9.59. The molecule has 0 radical (unpaired) electrons. The predicted molar refractivity (Wildman–Crippen MR) is 81.7 cm³/mol. The summed E-state index contributed by atoms with van der Waals surface area (Å²) in [6.45, 7) is 1.68. The van der Waals surface area contributed by atoms with Crippen LogP contribution in [0.4, 0.5) is 5.69 Å². The minimum absolute atomic E-state index is 0.00537. The Labute approximate surface area is 129 Å². The van der Waals surface area contributed by atoms with Crippen LogP contribution in [0.25, 0.3) is 0 Å². The number of hydrogen-bond acceptors (Lipinski definition) is 5. The van der Waals surface area contributed by atoms with Gasteiger partial charge in [-0.2, -0.15) is 0 Å². The smallest absolute Gasteiger partial charge is 0.238 e. The molecule has 0 saturated carbocycles. The minimum atomic E-state index is -3.95. The summed E-state index contributed by atoms with van der Waals surface area (Å²) < 4.78 is 53.9. The van der Waals surface area contributed by atoms with E-state index < -0.39 is 20.0 Å². The molecule has 0 aliphatic rings. The number of halogens is 1. The molecular weight excluding hydrogens is 340 g/mol. The Kier molecular flexibility index (Phi) is 5.85. The maximum absolute atomic E-state index is 12.0. The molecule has 0 saturated heterocycles. The fraction of sp³-hybridized carbons (Fsp3) is 0.455. The average Bonchev–Trinajstić information content (AvgIpc) is 2.36. The maximum Gasteiger partial charge on any atom is 0.238 e. The normalized spacial score (nSPS) is 13.7. The standard InChI is InChI=1S/C11H17ClN2O5S2/c1-8(6-12)7-20(15,16)14-10-5-9(21(13,17)18)3-4-11(10)19-2/h3-5,8,14H,6-7H2,1-2H3,(H2,13,17,18). The van der Waals surface area contributed by atoms with Crippen molar-refractivity contribution in [1.82, 2.24) is 0 Å². The van der Waals surface area contributed by atoms with Crippen molar-refractivity contribution >= 4 is 37.3 Å². The summed E-state index contributed by atoms with van der Waals surface area (Å²) in [6.07, 6.45) is 0. The fourth-order valence-corrected chi connectivity index (χ4v) is 3.80. The van der Waals surface area contributed by atoms with Gasteiger partial charge in [0.15, 0.2) is 0 Å². The highest BCUT2D eigenvalue weighted by molar-refractivity contribution is 7.92. The molecule has 120 valence electrons. The van der Waals surface area contributed by atoms with Crippen LogP contribution in [0.5, 0.6) is 5.75 Å². The molecule has 0 bridgehead atoms. The average molecular weight is 357 g/mol. The first-order valence-electron chi connectivity index (χ1n) is 5.86. The van der Waals surface area contributed by atoms with Crippen LogP contribution in [0.3, 0.4) is 0 Å². The zero-order valence-corrected chi connectivity index (χ0v) is 13.9. The Hall–Kier alpha value is -1.03. The highest BCUT2D eigenvalue weighted by atomic mass is 35.5. The van der Waals surface area contributed by atoms with Gasteiger partial charge in [-0.15, -0.1) is 11.6 Å². The number of sulfonamides is 2. The van der Waals surface area contributed by atoms with Crippen LogP contribution < -0.4 is 14.6 Å². The zero-order valence-electron chi connectivity index (χ0n) is 11.5. The number of nitrogens with one attached hydrogen (secondary N) is 1. The van der Waals surface area contributed by atoms with E-state index in [1.165, 1.54) is 19.2 Å². The van der Waals surface area contributed by atoms with Gasteiger partial charge in [0.25, 0.3) is 0 Å². The third-order valence-electron chi connectivity index (χ3n) is 2.53. The fourth-order valence-electron chi connectivity index (χ4n) is 1.57. The molecule has 1 rings (SSSR count). The van der Waals surface area contributed by atoms with Gasteiger partial charge in [-0.25, -0.2) is 22.0 Å². The van der Waals surface area contributed by atoms with Crippen molar-refractivity contribution in [1.29, 1.82) is 0 Å². The van der Waals surface area contributed by atoms with Crippen LogP contribution in [0, 0.1) is 5.92 Å². The van der Waals surface area contributed by atoms with Gasteiger partial charge in [-0.1, -0.05) is 6.92 Å². The molecule has 1 aromatic rings. The van der Waals surface area contributed by atoms with E-state index in [0.29, 0.717) is 0 Å². The Morgan fingerprint density at radius 1 is 1.33 bits per heavy atom. The van der Waals surface area contributed by atoms with Crippen molar-refractivity contribution in [3.8, 4) is 5.75 Å². The van der Waals surface area contributed by atoms with Gasteiger partial charge in [-0.3, -0.25) is 4.72 Å². The molecule has 0 heterocycles. The number of nitrogens with two attached hydrogens (primary N) is 1. The van der Waals surface area contributed by atoms with Gasteiger partial charge in [0, 0.05) is 5.88 Å². The third-order valence-corrected chi connectivity index (χ3v) is 5.51. The highest BCUT2D eigenvalue weighted by Gasteiger charge is 2.19. The van der Waals surface area contributed by atoms with Crippen molar-refractivity contribution in [3.63, 3.8) is 0 Å². The first kappa shape index (κ1) is 18.0. The van der Waals surface area contributed by atoms with E-state index >= 15 is 0 Å². The number of anilines is 1. The SMILES string of the molecule is COc1ccc(S(N)(=O)=O)cc1NS(=O)(=O)CC(C)CCl. The molecule has 1 aromatic carbocycles. The number of alkyl halides is 1. The number of rotatable bonds is 7. The van der Waals surface area contributed by atoms with E-state index in [9.17, 15) is 16.8 Å². The molecule has 0 spiro atoms. The molecule has 7 nitrogen and oxygen atoms in total. The van der Waals surface area contributed by atoms with Crippen molar-refractivity contribution < 1.29 is 21.6 Å². The Morgan fingerprint density at radius 3 is 2.43 bits per heavy atom. The van der Waals surface area contributed by atoms with Crippen molar-refractivity contribution in [3.05, 3.63) is 18.2 Å². The number of methoxy groups -OCH3 is 1. The summed E-state index contributed by atoms with van der Waals surface area (Å²) in [6, 6.07) is 3.66. The largest absolute Gasteiger partial charge is 0.495 e. The second-order valence-electron chi connectivity index (χ2n) is 4.55. The van der Waals surface area contributed by atoms with Crippen molar-refractivity contribution in [2.45, 2.75) is 11.8 Å². The van der Waals surface area contributed by atoms with Crippen molar-refractivity contribution in [2.75, 3.05) is 23.5 Å². The van der Waals surface area contributed by atoms with E-state index in [0.717, 1.165) is 6.07 Å².